The first kappa shape index (κ1) is 17.3. The van der Waals surface area contributed by atoms with Crippen LogP contribution in [0.3, 0.4) is 0 Å². The van der Waals surface area contributed by atoms with Gasteiger partial charge in [-0.05, 0) is 55.5 Å². The van der Waals surface area contributed by atoms with E-state index in [-0.39, 0.29) is 17.9 Å². The van der Waals surface area contributed by atoms with Crippen molar-refractivity contribution in [1.29, 1.82) is 0 Å². The summed E-state index contributed by atoms with van der Waals surface area (Å²) < 4.78 is 0.845. The van der Waals surface area contributed by atoms with Crippen LogP contribution in [0.15, 0.2) is 53.0 Å². The molecule has 2 atom stereocenters. The summed E-state index contributed by atoms with van der Waals surface area (Å²) in [4.78, 5) is 27.7. The lowest BCUT2D eigenvalue weighted by Crippen LogP contribution is -2.52. The Morgan fingerprint density at radius 2 is 2.04 bits per heavy atom. The Morgan fingerprint density at radius 3 is 2.85 bits per heavy atom. The molecule has 5 heteroatoms. The second-order valence-corrected chi connectivity index (χ2v) is 8.21. The summed E-state index contributed by atoms with van der Waals surface area (Å²) in [6.07, 6.45) is 2.59. The van der Waals surface area contributed by atoms with Crippen molar-refractivity contribution in [3.8, 4) is 0 Å². The van der Waals surface area contributed by atoms with Crippen molar-refractivity contribution in [1.82, 2.24) is 10.2 Å². The van der Waals surface area contributed by atoms with E-state index in [9.17, 15) is 9.59 Å². The van der Waals surface area contributed by atoms with Crippen LogP contribution in [-0.2, 0) is 11.2 Å². The Kier molecular flexibility index (Phi) is 4.35. The smallest absolute Gasteiger partial charge is 0.252 e. The molecule has 0 radical (unpaired) electrons. The van der Waals surface area contributed by atoms with Crippen LogP contribution in [-0.4, -0.2) is 28.8 Å². The molecule has 0 bridgehead atoms. The van der Waals surface area contributed by atoms with E-state index >= 15 is 0 Å². The third-order valence-electron chi connectivity index (χ3n) is 5.54. The fourth-order valence-corrected chi connectivity index (χ4v) is 4.49. The van der Waals surface area contributed by atoms with Crippen molar-refractivity contribution < 1.29 is 9.59 Å². The number of hydrogen-bond acceptors (Lipinski definition) is 2. The second-order valence-electron chi connectivity index (χ2n) is 7.30. The zero-order chi connectivity index (χ0) is 18.3. The number of carbonyl (C=O) groups is 2. The number of aryl methyl sites for hydroxylation is 1. The maximum absolute atomic E-state index is 13.2. The molecular weight excluding hydrogens is 392 g/mol. The second kappa shape index (κ2) is 6.54. The molecule has 1 aliphatic carbocycles. The number of benzene rings is 2. The van der Waals surface area contributed by atoms with E-state index in [2.05, 4.69) is 39.4 Å². The van der Waals surface area contributed by atoms with Gasteiger partial charge >= 0.3 is 0 Å². The average Bonchev–Trinajstić information content (AvgIpc) is 3.17. The lowest BCUT2D eigenvalue weighted by Gasteiger charge is -2.29. The number of nitrogens with zero attached hydrogens (tertiary/aromatic N) is 1. The molecule has 0 saturated carbocycles. The molecule has 134 valence electrons. The van der Waals surface area contributed by atoms with Crippen molar-refractivity contribution in [3.63, 3.8) is 0 Å². The van der Waals surface area contributed by atoms with Gasteiger partial charge in [-0.25, -0.2) is 0 Å². The SMILES string of the molecule is C[C@@]1(NC(=O)c2cccc(Br)c2)CCN([C@@H]2CCc3ccccc32)C1=O. The van der Waals surface area contributed by atoms with Gasteiger partial charge in [0.2, 0.25) is 5.91 Å². The minimum atomic E-state index is -0.850. The highest BCUT2D eigenvalue weighted by Gasteiger charge is 2.47. The minimum Gasteiger partial charge on any atom is -0.338 e. The van der Waals surface area contributed by atoms with Crippen LogP contribution in [0.5, 0.6) is 0 Å². The Hall–Kier alpha value is -2.14. The lowest BCUT2D eigenvalue weighted by molar-refractivity contribution is -0.134. The van der Waals surface area contributed by atoms with E-state index in [0.717, 1.165) is 17.3 Å². The van der Waals surface area contributed by atoms with Gasteiger partial charge in [-0.2, -0.15) is 0 Å². The summed E-state index contributed by atoms with van der Waals surface area (Å²) in [6, 6.07) is 15.7. The quantitative estimate of drug-likeness (QED) is 0.831. The highest BCUT2D eigenvalue weighted by molar-refractivity contribution is 9.10. The fourth-order valence-electron chi connectivity index (χ4n) is 4.09. The molecule has 4 nitrogen and oxygen atoms in total. The Morgan fingerprint density at radius 1 is 1.23 bits per heavy atom. The maximum Gasteiger partial charge on any atom is 0.252 e. The van der Waals surface area contributed by atoms with Crippen molar-refractivity contribution in [2.75, 3.05) is 6.54 Å². The number of fused-ring (bicyclic) bond motifs is 1. The summed E-state index contributed by atoms with van der Waals surface area (Å²) in [5.74, 6) is -0.196. The summed E-state index contributed by atoms with van der Waals surface area (Å²) in [6.45, 7) is 2.51. The Bertz CT molecular complexity index is 882. The van der Waals surface area contributed by atoms with E-state index in [1.165, 1.54) is 11.1 Å². The number of carbonyl (C=O) groups excluding carboxylic acids is 2. The van der Waals surface area contributed by atoms with Gasteiger partial charge in [0.1, 0.15) is 5.54 Å². The number of nitrogens with one attached hydrogen (secondary N) is 1. The molecule has 2 aromatic carbocycles. The predicted octanol–water partition coefficient (Wildman–Crippen LogP) is 3.86. The van der Waals surface area contributed by atoms with Gasteiger partial charge in [-0.3, -0.25) is 9.59 Å². The molecule has 1 fully saturated rings. The standard InChI is InChI=1S/C21H21BrN2O2/c1-21(23-19(25)15-6-4-7-16(22)13-15)11-12-24(20(21)26)18-10-9-14-5-2-3-8-17(14)18/h2-8,13,18H,9-12H2,1H3,(H,23,25)/t18-,21-/m1/s1. The van der Waals surface area contributed by atoms with Gasteiger partial charge in [-0.1, -0.05) is 46.3 Å². The lowest BCUT2D eigenvalue weighted by atomic mass is 9.99. The van der Waals surface area contributed by atoms with Crippen LogP contribution >= 0.6 is 15.9 Å². The molecule has 1 heterocycles. The molecule has 26 heavy (non-hydrogen) atoms. The third-order valence-corrected chi connectivity index (χ3v) is 6.03. The number of halogens is 1. The van der Waals surface area contributed by atoms with Gasteiger partial charge in [0.05, 0.1) is 6.04 Å². The first-order valence-electron chi connectivity index (χ1n) is 8.95. The van der Waals surface area contributed by atoms with Crippen molar-refractivity contribution in [2.24, 2.45) is 0 Å². The average molecular weight is 413 g/mol. The van der Waals surface area contributed by atoms with Gasteiger partial charge in [0.25, 0.3) is 5.91 Å². The van der Waals surface area contributed by atoms with Crippen LogP contribution in [0.2, 0.25) is 0 Å². The largest absolute Gasteiger partial charge is 0.338 e. The number of likely N-dealkylation sites (tertiary alicyclic amines) is 1. The molecule has 2 aliphatic rings. The maximum atomic E-state index is 13.2. The summed E-state index contributed by atoms with van der Waals surface area (Å²) in [5, 5.41) is 2.97. The van der Waals surface area contributed by atoms with E-state index in [4.69, 9.17) is 0 Å². The molecule has 4 rings (SSSR count). The summed E-state index contributed by atoms with van der Waals surface area (Å²) >= 11 is 3.38. The molecule has 2 amide bonds. The molecule has 1 saturated heterocycles. The van der Waals surface area contributed by atoms with E-state index in [1.54, 1.807) is 12.1 Å². The summed E-state index contributed by atoms with van der Waals surface area (Å²) in [7, 11) is 0. The van der Waals surface area contributed by atoms with Gasteiger partial charge in [-0.15, -0.1) is 0 Å². The normalized spacial score (nSPS) is 24.6. The van der Waals surface area contributed by atoms with Crippen LogP contribution in [0.1, 0.15) is 47.3 Å². The van der Waals surface area contributed by atoms with Gasteiger partial charge in [0, 0.05) is 16.6 Å². The highest BCUT2D eigenvalue weighted by Crippen LogP contribution is 2.39. The van der Waals surface area contributed by atoms with Crippen LogP contribution in [0.4, 0.5) is 0 Å². The van der Waals surface area contributed by atoms with Crippen molar-refractivity contribution in [3.05, 3.63) is 69.7 Å². The number of rotatable bonds is 3. The highest BCUT2D eigenvalue weighted by atomic mass is 79.9. The number of hydrogen-bond donors (Lipinski definition) is 1. The van der Waals surface area contributed by atoms with Crippen LogP contribution < -0.4 is 5.32 Å². The van der Waals surface area contributed by atoms with Crippen molar-refractivity contribution >= 4 is 27.7 Å². The van der Waals surface area contributed by atoms with E-state index in [1.807, 2.05) is 30.0 Å². The zero-order valence-electron chi connectivity index (χ0n) is 14.7. The molecule has 1 aliphatic heterocycles. The molecule has 0 aromatic heterocycles. The predicted molar refractivity (Wildman–Crippen MR) is 104 cm³/mol. The Balaban J connectivity index is 1.52. The minimum absolute atomic E-state index is 0.0162. The fraction of sp³-hybridized carbons (Fsp3) is 0.333. The molecule has 0 spiro atoms. The first-order chi connectivity index (χ1) is 12.5. The number of amides is 2. The molecule has 0 unspecified atom stereocenters. The topological polar surface area (TPSA) is 49.4 Å². The van der Waals surface area contributed by atoms with E-state index in [0.29, 0.717) is 18.5 Å². The first-order valence-corrected chi connectivity index (χ1v) is 9.74. The molecule has 2 aromatic rings. The van der Waals surface area contributed by atoms with Crippen molar-refractivity contribution in [2.45, 2.75) is 37.8 Å². The third kappa shape index (κ3) is 2.94. The molecule has 1 N–H and O–H groups in total. The monoisotopic (exact) mass is 412 g/mol. The van der Waals surface area contributed by atoms with E-state index < -0.39 is 5.54 Å². The zero-order valence-corrected chi connectivity index (χ0v) is 16.3. The van der Waals surface area contributed by atoms with Gasteiger partial charge in [0.15, 0.2) is 0 Å². The van der Waals surface area contributed by atoms with Crippen LogP contribution in [0, 0.1) is 0 Å². The van der Waals surface area contributed by atoms with Gasteiger partial charge < -0.3 is 10.2 Å². The summed E-state index contributed by atoms with van der Waals surface area (Å²) in [5.41, 5.74) is 2.29. The Labute approximate surface area is 161 Å². The molecular formula is C21H21BrN2O2. The van der Waals surface area contributed by atoms with Crippen LogP contribution in [0.25, 0.3) is 0 Å².